The normalized spacial score (nSPS) is 33.9. The van der Waals surface area contributed by atoms with Crippen LogP contribution in [0.2, 0.25) is 0 Å². The van der Waals surface area contributed by atoms with Crippen LogP contribution in [-0.4, -0.2) is 59.0 Å². The van der Waals surface area contributed by atoms with Crippen LogP contribution in [0.4, 0.5) is 4.79 Å². The van der Waals surface area contributed by atoms with Gasteiger partial charge in [0, 0.05) is 5.54 Å². The van der Waals surface area contributed by atoms with Gasteiger partial charge in [0.1, 0.15) is 6.54 Å². The van der Waals surface area contributed by atoms with E-state index >= 15 is 0 Å². The number of nitrogens with zero attached hydrogens (tertiary/aromatic N) is 1. The zero-order valence-corrected chi connectivity index (χ0v) is 16.0. The summed E-state index contributed by atoms with van der Waals surface area (Å²) >= 11 is 1.43. The van der Waals surface area contributed by atoms with E-state index in [0.717, 1.165) is 19.3 Å². The van der Waals surface area contributed by atoms with Gasteiger partial charge in [0.05, 0.1) is 11.6 Å². The molecule has 148 valence electrons. The number of imide groups is 1. The fourth-order valence-corrected chi connectivity index (χ4v) is 6.49. The molecule has 4 aliphatic carbocycles. The molecule has 4 bridgehead atoms. The molecule has 9 heteroatoms. The lowest BCUT2D eigenvalue weighted by Gasteiger charge is -2.56. The zero-order chi connectivity index (χ0) is 19.0. The number of hydrogen-bond donors (Lipinski definition) is 2. The van der Waals surface area contributed by atoms with Crippen LogP contribution in [-0.2, 0) is 19.1 Å². The molecule has 4 amide bonds. The van der Waals surface area contributed by atoms with E-state index in [9.17, 15) is 19.2 Å². The van der Waals surface area contributed by atoms with Gasteiger partial charge in [0.15, 0.2) is 6.61 Å². The van der Waals surface area contributed by atoms with Gasteiger partial charge < -0.3 is 15.0 Å². The lowest BCUT2D eigenvalue weighted by atomic mass is 9.53. The third kappa shape index (κ3) is 4.23. The number of thioether (sulfide) groups is 1. The van der Waals surface area contributed by atoms with Crippen LogP contribution in [0.15, 0.2) is 0 Å². The van der Waals surface area contributed by atoms with Gasteiger partial charge in [-0.1, -0.05) is 0 Å². The molecule has 0 aromatic carbocycles. The molecule has 0 spiro atoms. The third-order valence-corrected chi connectivity index (χ3v) is 7.12. The Morgan fingerprint density at radius 1 is 1.11 bits per heavy atom. The summed E-state index contributed by atoms with van der Waals surface area (Å²) in [5.74, 6) is 1.47. The minimum Gasteiger partial charge on any atom is -0.454 e. The number of esters is 1. The van der Waals surface area contributed by atoms with Gasteiger partial charge in [-0.05, 0) is 56.3 Å². The van der Waals surface area contributed by atoms with E-state index in [1.54, 1.807) is 0 Å². The van der Waals surface area contributed by atoms with Crippen molar-refractivity contribution >= 4 is 35.6 Å². The second-order valence-corrected chi connectivity index (χ2v) is 9.39. The lowest BCUT2D eigenvalue weighted by Crippen LogP contribution is -2.62. The summed E-state index contributed by atoms with van der Waals surface area (Å²) in [7, 11) is 0. The molecule has 5 aliphatic rings. The summed E-state index contributed by atoms with van der Waals surface area (Å²) in [5, 5.41) is 5.30. The first-order valence-electron chi connectivity index (χ1n) is 9.54. The highest BCUT2D eigenvalue weighted by Gasteiger charge is 2.51. The smallest absolute Gasteiger partial charge is 0.326 e. The molecule has 0 aromatic rings. The Labute approximate surface area is 162 Å². The quantitative estimate of drug-likeness (QED) is 0.669. The van der Waals surface area contributed by atoms with E-state index in [-0.39, 0.29) is 18.0 Å². The molecule has 0 atom stereocenters. The topological polar surface area (TPSA) is 105 Å². The van der Waals surface area contributed by atoms with Gasteiger partial charge in [-0.2, -0.15) is 0 Å². The Kier molecular flexibility index (Phi) is 5.05. The zero-order valence-electron chi connectivity index (χ0n) is 15.2. The van der Waals surface area contributed by atoms with Crippen LogP contribution >= 0.6 is 11.8 Å². The Morgan fingerprint density at radius 2 is 1.74 bits per heavy atom. The fraction of sp³-hybridized carbons (Fsp3) is 0.778. The molecule has 4 saturated carbocycles. The molecule has 2 N–H and O–H groups in total. The SMILES string of the molecule is O=C(COC(=O)CN1CSCC1=O)NC(=O)NC12CC3CC(CC(C3)C1)C2. The van der Waals surface area contributed by atoms with Crippen molar-refractivity contribution in [3.63, 3.8) is 0 Å². The van der Waals surface area contributed by atoms with E-state index in [2.05, 4.69) is 10.6 Å². The van der Waals surface area contributed by atoms with E-state index in [1.165, 1.54) is 35.9 Å². The number of ether oxygens (including phenoxy) is 1. The molecule has 1 saturated heterocycles. The number of rotatable bonds is 5. The van der Waals surface area contributed by atoms with Crippen molar-refractivity contribution < 1.29 is 23.9 Å². The molecular formula is C18H25N3O5S. The molecule has 0 aromatic heterocycles. The summed E-state index contributed by atoms with van der Waals surface area (Å²) < 4.78 is 4.87. The molecule has 5 rings (SSSR count). The second kappa shape index (κ2) is 7.33. The van der Waals surface area contributed by atoms with Crippen LogP contribution in [0.5, 0.6) is 0 Å². The largest absolute Gasteiger partial charge is 0.454 e. The van der Waals surface area contributed by atoms with Crippen LogP contribution in [0, 0.1) is 17.8 Å². The van der Waals surface area contributed by atoms with Crippen LogP contribution in [0.1, 0.15) is 38.5 Å². The molecule has 8 nitrogen and oxygen atoms in total. The minimum absolute atomic E-state index is 0.114. The van der Waals surface area contributed by atoms with Crippen molar-refractivity contribution in [3.8, 4) is 0 Å². The van der Waals surface area contributed by atoms with Crippen LogP contribution in [0.25, 0.3) is 0 Å². The number of hydrogen-bond acceptors (Lipinski definition) is 6. The summed E-state index contributed by atoms with van der Waals surface area (Å²) in [4.78, 5) is 48.7. The Morgan fingerprint density at radius 3 is 2.30 bits per heavy atom. The second-order valence-electron chi connectivity index (χ2n) is 8.43. The maximum absolute atomic E-state index is 12.3. The first kappa shape index (κ1) is 18.6. The van der Waals surface area contributed by atoms with Gasteiger partial charge in [0.25, 0.3) is 5.91 Å². The molecule has 1 aliphatic heterocycles. The van der Waals surface area contributed by atoms with Crippen molar-refractivity contribution in [3.05, 3.63) is 0 Å². The highest BCUT2D eigenvalue weighted by molar-refractivity contribution is 8.00. The Hall–Kier alpha value is -1.77. The van der Waals surface area contributed by atoms with Crippen molar-refractivity contribution in [1.82, 2.24) is 15.5 Å². The van der Waals surface area contributed by atoms with Gasteiger partial charge in [-0.15, -0.1) is 11.8 Å². The Bertz CT molecular complexity index is 632. The van der Waals surface area contributed by atoms with E-state index < -0.39 is 24.5 Å². The van der Waals surface area contributed by atoms with Crippen molar-refractivity contribution in [2.45, 2.75) is 44.1 Å². The number of carbonyl (C=O) groups excluding carboxylic acids is 4. The van der Waals surface area contributed by atoms with Gasteiger partial charge >= 0.3 is 12.0 Å². The highest BCUT2D eigenvalue weighted by atomic mass is 32.2. The average Bonchev–Trinajstić information content (AvgIpc) is 2.96. The third-order valence-electron chi connectivity index (χ3n) is 6.18. The highest BCUT2D eigenvalue weighted by Crippen LogP contribution is 2.55. The maximum atomic E-state index is 12.3. The van der Waals surface area contributed by atoms with E-state index in [1.807, 2.05) is 0 Å². The summed E-state index contributed by atoms with van der Waals surface area (Å²) in [6.07, 6.45) is 6.81. The molecule has 0 unspecified atom stereocenters. The number of urea groups is 1. The Balaban J connectivity index is 1.20. The first-order valence-corrected chi connectivity index (χ1v) is 10.7. The van der Waals surface area contributed by atoms with E-state index in [4.69, 9.17) is 4.74 Å². The predicted molar refractivity (Wildman–Crippen MR) is 97.6 cm³/mol. The standard InChI is InChI=1S/C18H25N3O5S/c22-14(8-26-16(24)7-21-10-27-9-15(21)23)19-17(25)20-18-4-11-1-12(5-18)3-13(2-11)6-18/h11-13H,1-10H2,(H2,19,20,22,25). The molecule has 27 heavy (non-hydrogen) atoms. The van der Waals surface area contributed by atoms with Crippen molar-refractivity contribution in [2.75, 3.05) is 24.8 Å². The van der Waals surface area contributed by atoms with Crippen LogP contribution < -0.4 is 10.6 Å². The van der Waals surface area contributed by atoms with E-state index in [0.29, 0.717) is 29.4 Å². The fourth-order valence-electron chi connectivity index (χ4n) is 5.59. The molecule has 5 fully saturated rings. The van der Waals surface area contributed by atoms with Crippen molar-refractivity contribution in [1.29, 1.82) is 0 Å². The molecule has 1 heterocycles. The number of carbonyl (C=O) groups is 4. The first-order chi connectivity index (χ1) is 12.9. The monoisotopic (exact) mass is 395 g/mol. The molecule has 0 radical (unpaired) electrons. The minimum atomic E-state index is -0.660. The summed E-state index contributed by atoms with van der Waals surface area (Å²) in [6, 6.07) is -0.510. The summed E-state index contributed by atoms with van der Waals surface area (Å²) in [6.45, 7) is -0.694. The van der Waals surface area contributed by atoms with Crippen molar-refractivity contribution in [2.24, 2.45) is 17.8 Å². The molecular weight excluding hydrogens is 370 g/mol. The predicted octanol–water partition coefficient (Wildman–Crippen LogP) is 0.857. The average molecular weight is 395 g/mol. The maximum Gasteiger partial charge on any atom is 0.326 e. The van der Waals surface area contributed by atoms with Crippen LogP contribution in [0.3, 0.4) is 0 Å². The van der Waals surface area contributed by atoms with Gasteiger partial charge in [0.2, 0.25) is 5.91 Å². The summed E-state index contributed by atoms with van der Waals surface area (Å²) in [5.41, 5.74) is -0.177. The van der Waals surface area contributed by atoms with Gasteiger partial charge in [-0.3, -0.25) is 19.7 Å². The lowest BCUT2D eigenvalue weighted by molar-refractivity contribution is -0.151. The van der Waals surface area contributed by atoms with Gasteiger partial charge in [-0.25, -0.2) is 4.79 Å². The number of nitrogens with one attached hydrogen (secondary N) is 2. The number of amides is 4.